The Kier molecular flexibility index (Phi) is 7.97. The van der Waals surface area contributed by atoms with Gasteiger partial charge in [0.2, 0.25) is 0 Å². The first-order valence-corrected chi connectivity index (χ1v) is 12.0. The average Bonchev–Trinajstić information content (AvgIpc) is 3.20. The van der Waals surface area contributed by atoms with Crippen LogP contribution in [0.15, 0.2) is 59.6 Å². The molecular weight excluding hydrogens is 434 g/mol. The average molecular weight is 466 g/mol. The molecule has 0 aliphatic heterocycles. The number of hydrogen-bond donors (Lipinski definition) is 2. The van der Waals surface area contributed by atoms with E-state index in [9.17, 15) is 14.7 Å². The summed E-state index contributed by atoms with van der Waals surface area (Å²) in [6.07, 6.45) is 5.02. The van der Waals surface area contributed by atoms with Gasteiger partial charge in [0, 0.05) is 28.9 Å². The van der Waals surface area contributed by atoms with E-state index in [-0.39, 0.29) is 5.91 Å². The number of aliphatic carboxylic acids is 1. The number of carboxylic acids is 1. The highest BCUT2D eigenvalue weighted by Gasteiger charge is 2.28. The molecule has 3 rings (SSSR count). The van der Waals surface area contributed by atoms with E-state index in [0.717, 1.165) is 53.3 Å². The van der Waals surface area contributed by atoms with Crippen LogP contribution >= 0.6 is 11.8 Å². The number of para-hydroxylation sites is 1. The molecule has 0 radical (unpaired) electrons. The molecule has 1 heterocycles. The molecule has 0 unspecified atom stereocenters. The van der Waals surface area contributed by atoms with E-state index in [1.165, 1.54) is 11.8 Å². The fourth-order valence-electron chi connectivity index (χ4n) is 3.37. The van der Waals surface area contributed by atoms with E-state index in [4.69, 9.17) is 0 Å². The maximum Gasteiger partial charge on any atom is 0.319 e. The molecule has 0 atom stereocenters. The summed E-state index contributed by atoms with van der Waals surface area (Å²) in [7, 11) is 0. The number of carbonyl (C=O) groups is 2. The molecule has 2 N–H and O–H groups in total. The van der Waals surface area contributed by atoms with E-state index in [2.05, 4.69) is 17.2 Å². The van der Waals surface area contributed by atoms with E-state index < -0.39 is 10.7 Å². The molecule has 0 saturated carbocycles. The summed E-state index contributed by atoms with van der Waals surface area (Å²) >= 11 is 1.30. The van der Waals surface area contributed by atoms with Crippen molar-refractivity contribution >= 4 is 29.3 Å². The Morgan fingerprint density at radius 2 is 1.79 bits per heavy atom. The molecule has 0 fully saturated rings. The van der Waals surface area contributed by atoms with Crippen LogP contribution < -0.4 is 5.32 Å². The molecule has 2 aromatic carbocycles. The highest BCUT2D eigenvalue weighted by Crippen LogP contribution is 2.34. The summed E-state index contributed by atoms with van der Waals surface area (Å²) in [6, 6.07) is 15.3. The molecule has 6 nitrogen and oxygen atoms in total. The van der Waals surface area contributed by atoms with Crippen molar-refractivity contribution in [2.24, 2.45) is 0 Å². The zero-order valence-electron chi connectivity index (χ0n) is 19.6. The van der Waals surface area contributed by atoms with E-state index in [1.807, 2.05) is 66.2 Å². The van der Waals surface area contributed by atoms with E-state index in [0.29, 0.717) is 5.69 Å². The van der Waals surface area contributed by atoms with Crippen molar-refractivity contribution in [2.45, 2.75) is 63.1 Å². The third kappa shape index (κ3) is 6.26. The van der Waals surface area contributed by atoms with Gasteiger partial charge in [-0.05, 0) is 51.0 Å². The number of aryl methyl sites for hydroxylation is 2. The number of nitrogens with one attached hydrogen (secondary N) is 1. The number of benzene rings is 2. The van der Waals surface area contributed by atoms with Crippen LogP contribution in [0.1, 0.15) is 56.1 Å². The Bertz CT molecular complexity index is 1120. The molecule has 0 saturated heterocycles. The molecule has 174 valence electrons. The summed E-state index contributed by atoms with van der Waals surface area (Å²) in [4.78, 5) is 29.9. The molecule has 0 aliphatic carbocycles. The summed E-state index contributed by atoms with van der Waals surface area (Å²) < 4.78 is 1.12. The predicted octanol–water partition coefficient (Wildman–Crippen LogP) is 6.26. The summed E-state index contributed by atoms with van der Waals surface area (Å²) in [6.45, 7) is 8.26. The number of carbonyl (C=O) groups excluding carboxylic acids is 1. The van der Waals surface area contributed by atoms with Crippen molar-refractivity contribution in [3.8, 4) is 11.4 Å². The fraction of sp³-hybridized carbons (Fsp3) is 0.346. The summed E-state index contributed by atoms with van der Waals surface area (Å²) in [5.41, 5.74) is 3.02. The molecular formula is C26H31N3O3S. The Hall–Kier alpha value is -3.06. The van der Waals surface area contributed by atoms with Crippen molar-refractivity contribution < 1.29 is 14.7 Å². The van der Waals surface area contributed by atoms with Crippen LogP contribution in [-0.4, -0.2) is 31.3 Å². The number of unbranched alkanes of at least 4 members (excludes halogenated alkanes) is 2. The number of carboxylic acid groups (broad SMARTS) is 1. The van der Waals surface area contributed by atoms with Gasteiger partial charge >= 0.3 is 5.97 Å². The highest BCUT2D eigenvalue weighted by atomic mass is 32.2. The normalized spacial score (nSPS) is 11.4. The Morgan fingerprint density at radius 3 is 2.42 bits per heavy atom. The van der Waals surface area contributed by atoms with Crippen molar-refractivity contribution in [1.29, 1.82) is 0 Å². The number of rotatable bonds is 10. The minimum Gasteiger partial charge on any atom is -0.480 e. The third-order valence-corrected chi connectivity index (χ3v) is 6.60. The molecule has 7 heteroatoms. The molecule has 3 aromatic rings. The van der Waals surface area contributed by atoms with Gasteiger partial charge < -0.3 is 15.0 Å². The van der Waals surface area contributed by atoms with Gasteiger partial charge in [-0.15, -0.1) is 11.8 Å². The van der Waals surface area contributed by atoms with Crippen LogP contribution in [0.4, 0.5) is 5.69 Å². The topological polar surface area (TPSA) is 84.2 Å². The lowest BCUT2D eigenvalue weighted by Gasteiger charge is -2.18. The van der Waals surface area contributed by atoms with Crippen molar-refractivity contribution in [1.82, 2.24) is 9.55 Å². The largest absolute Gasteiger partial charge is 0.480 e. The molecule has 0 spiro atoms. The van der Waals surface area contributed by atoms with Crippen molar-refractivity contribution in [3.63, 3.8) is 0 Å². The van der Waals surface area contributed by atoms with Crippen LogP contribution in [0, 0.1) is 6.92 Å². The maximum absolute atomic E-state index is 12.9. The second kappa shape index (κ2) is 10.7. The standard InChI is InChI=1S/C26H31N3O3S/c1-5-6-9-16-29-17-22(24(30)28-21-11-8-7-10-18(21)2)27-23(29)19-12-14-20(15-13-19)33-26(3,4)25(31)32/h7-8,10-15,17H,5-6,9,16H2,1-4H3,(H,28,30)(H,31,32). The third-order valence-electron chi connectivity index (χ3n) is 5.41. The minimum absolute atomic E-state index is 0.241. The number of thioether (sulfide) groups is 1. The molecule has 0 aliphatic rings. The van der Waals surface area contributed by atoms with Crippen LogP contribution in [0.2, 0.25) is 0 Å². The number of imidazole rings is 1. The quantitative estimate of drug-likeness (QED) is 0.273. The van der Waals surface area contributed by atoms with Gasteiger partial charge in [-0.2, -0.15) is 0 Å². The first-order chi connectivity index (χ1) is 15.7. The Labute approximate surface area is 199 Å². The summed E-state index contributed by atoms with van der Waals surface area (Å²) in [5, 5.41) is 12.3. The Morgan fingerprint density at radius 1 is 1.09 bits per heavy atom. The monoisotopic (exact) mass is 465 g/mol. The first-order valence-electron chi connectivity index (χ1n) is 11.2. The fourth-order valence-corrected chi connectivity index (χ4v) is 4.32. The highest BCUT2D eigenvalue weighted by molar-refractivity contribution is 8.01. The molecule has 33 heavy (non-hydrogen) atoms. The van der Waals surface area contributed by atoms with Gasteiger partial charge in [0.25, 0.3) is 5.91 Å². The number of nitrogens with zero attached hydrogens (tertiary/aromatic N) is 2. The van der Waals surface area contributed by atoms with Crippen LogP contribution in [0.3, 0.4) is 0 Å². The van der Waals surface area contributed by atoms with Gasteiger partial charge in [0.15, 0.2) is 0 Å². The predicted molar refractivity (Wildman–Crippen MR) is 134 cm³/mol. The zero-order valence-corrected chi connectivity index (χ0v) is 20.4. The Balaban J connectivity index is 1.86. The number of anilines is 1. The smallest absolute Gasteiger partial charge is 0.319 e. The number of amides is 1. The van der Waals surface area contributed by atoms with Crippen molar-refractivity contribution in [3.05, 3.63) is 66.0 Å². The first kappa shape index (κ1) is 24.6. The van der Waals surface area contributed by atoms with Crippen LogP contribution in [0.25, 0.3) is 11.4 Å². The van der Waals surface area contributed by atoms with E-state index >= 15 is 0 Å². The lowest BCUT2D eigenvalue weighted by molar-refractivity contribution is -0.138. The summed E-state index contributed by atoms with van der Waals surface area (Å²) in [5.74, 6) is -0.363. The second-order valence-electron chi connectivity index (χ2n) is 8.56. The second-order valence-corrected chi connectivity index (χ2v) is 10.3. The molecule has 1 amide bonds. The van der Waals surface area contributed by atoms with Gasteiger partial charge in [0.1, 0.15) is 16.3 Å². The molecule has 0 bridgehead atoms. The molecule has 1 aromatic heterocycles. The SMILES string of the molecule is CCCCCn1cc(C(=O)Nc2ccccc2C)nc1-c1ccc(SC(C)(C)C(=O)O)cc1. The number of aromatic nitrogens is 2. The van der Waals surface area contributed by atoms with Crippen molar-refractivity contribution in [2.75, 3.05) is 5.32 Å². The van der Waals surface area contributed by atoms with E-state index in [1.54, 1.807) is 13.8 Å². The minimum atomic E-state index is -0.916. The lowest BCUT2D eigenvalue weighted by atomic mass is 10.2. The van der Waals surface area contributed by atoms with Crippen LogP contribution in [-0.2, 0) is 11.3 Å². The lowest BCUT2D eigenvalue weighted by Crippen LogP contribution is -2.26. The van der Waals surface area contributed by atoms with Gasteiger partial charge in [0.05, 0.1) is 0 Å². The van der Waals surface area contributed by atoms with Gasteiger partial charge in [-0.3, -0.25) is 9.59 Å². The zero-order chi connectivity index (χ0) is 24.0. The van der Waals surface area contributed by atoms with Crippen LogP contribution in [0.5, 0.6) is 0 Å². The number of hydrogen-bond acceptors (Lipinski definition) is 4. The maximum atomic E-state index is 12.9. The van der Waals surface area contributed by atoms with Gasteiger partial charge in [-0.25, -0.2) is 4.98 Å². The van der Waals surface area contributed by atoms with Gasteiger partial charge in [-0.1, -0.05) is 50.1 Å².